The summed E-state index contributed by atoms with van der Waals surface area (Å²) >= 11 is 1.88. The van der Waals surface area contributed by atoms with Crippen LogP contribution in [0.2, 0.25) is 0 Å². The van der Waals surface area contributed by atoms with Crippen molar-refractivity contribution < 1.29 is 9.59 Å². The average molecular weight is 608 g/mol. The third kappa shape index (κ3) is 5.42. The van der Waals surface area contributed by atoms with Crippen LogP contribution >= 0.6 is 11.8 Å². The van der Waals surface area contributed by atoms with Crippen LogP contribution in [0.4, 0.5) is 0 Å². The highest BCUT2D eigenvalue weighted by atomic mass is 32.2. The zero-order valence-electron chi connectivity index (χ0n) is 25.8. The standard InChI is InChI=1S/C36H41N5O2S/c1-22(2)23(3)36(43)40-17-5-6-31(40)29-18-28(19-37-29)26-11-9-24(10-12-26)25-13-15-27(16-14-25)30-20-38-35(39-30)32-21-44-34-8-4-7-33(42)41(32)34/h9-16,19-20,22-23,31-32,34H,4-8,17-18,21H2,1-3H3,(H,38,39)/t23-,31-,32-,34-/m0/s1. The maximum atomic E-state index is 13.1. The Kier molecular flexibility index (Phi) is 7.95. The number of thioether (sulfide) groups is 1. The molecule has 1 aromatic heterocycles. The van der Waals surface area contributed by atoms with Gasteiger partial charge < -0.3 is 14.8 Å². The number of fused-ring (bicyclic) bond motifs is 1. The number of nitrogens with one attached hydrogen (secondary N) is 1. The number of carbonyl (C=O) groups is 2. The van der Waals surface area contributed by atoms with Crippen molar-refractivity contribution in [1.82, 2.24) is 19.8 Å². The van der Waals surface area contributed by atoms with E-state index in [-0.39, 0.29) is 29.8 Å². The minimum atomic E-state index is 0.0361. The number of amides is 2. The number of imidazole rings is 1. The lowest BCUT2D eigenvalue weighted by molar-refractivity contribution is -0.136. The van der Waals surface area contributed by atoms with Crippen LogP contribution in [0, 0.1) is 11.8 Å². The Morgan fingerprint density at radius 2 is 1.64 bits per heavy atom. The molecule has 44 heavy (non-hydrogen) atoms. The smallest absolute Gasteiger partial charge is 0.226 e. The summed E-state index contributed by atoms with van der Waals surface area (Å²) in [5.41, 5.74) is 7.90. The Hall–Kier alpha value is -3.65. The molecule has 228 valence electrons. The highest BCUT2D eigenvalue weighted by molar-refractivity contribution is 8.00. The van der Waals surface area contributed by atoms with Crippen molar-refractivity contribution in [3.63, 3.8) is 0 Å². The fraction of sp³-hybridized carbons (Fsp3) is 0.444. The molecule has 3 saturated heterocycles. The van der Waals surface area contributed by atoms with Crippen LogP contribution in [0.5, 0.6) is 0 Å². The van der Waals surface area contributed by atoms with Gasteiger partial charge in [0.1, 0.15) is 5.82 Å². The van der Waals surface area contributed by atoms with E-state index in [2.05, 4.69) is 82.1 Å². The van der Waals surface area contributed by atoms with E-state index in [9.17, 15) is 9.59 Å². The summed E-state index contributed by atoms with van der Waals surface area (Å²) in [7, 11) is 0. The van der Waals surface area contributed by atoms with E-state index >= 15 is 0 Å². The highest BCUT2D eigenvalue weighted by Gasteiger charge is 2.41. The van der Waals surface area contributed by atoms with Crippen LogP contribution < -0.4 is 0 Å². The normalized spacial score (nSPS) is 24.1. The fourth-order valence-electron chi connectivity index (χ4n) is 7.01. The third-order valence-electron chi connectivity index (χ3n) is 9.99. The zero-order chi connectivity index (χ0) is 30.4. The molecule has 0 unspecified atom stereocenters. The largest absolute Gasteiger partial charge is 0.340 e. The second-order valence-corrected chi connectivity index (χ2v) is 14.2. The first-order chi connectivity index (χ1) is 21.4. The van der Waals surface area contributed by atoms with Crippen molar-refractivity contribution in [3.05, 3.63) is 72.3 Å². The predicted molar refractivity (Wildman–Crippen MR) is 178 cm³/mol. The molecule has 1 N–H and O–H groups in total. The molecule has 4 aliphatic rings. The lowest BCUT2D eigenvalue weighted by atomic mass is 9.94. The first-order valence-corrected chi connectivity index (χ1v) is 17.2. The average Bonchev–Trinajstić information content (AvgIpc) is 3.86. The lowest BCUT2D eigenvalue weighted by Gasteiger charge is -2.32. The van der Waals surface area contributed by atoms with E-state index in [1.165, 1.54) is 16.7 Å². The molecule has 7 nitrogen and oxygen atoms in total. The number of likely N-dealkylation sites (tertiary alicyclic amines) is 1. The van der Waals surface area contributed by atoms with Gasteiger partial charge in [0, 0.05) is 43.0 Å². The molecule has 2 aromatic carbocycles. The molecular weight excluding hydrogens is 566 g/mol. The van der Waals surface area contributed by atoms with E-state index in [4.69, 9.17) is 4.99 Å². The van der Waals surface area contributed by atoms with Gasteiger partial charge in [0.15, 0.2) is 0 Å². The lowest BCUT2D eigenvalue weighted by Crippen LogP contribution is -2.43. The number of rotatable bonds is 7. The summed E-state index contributed by atoms with van der Waals surface area (Å²) in [5.74, 6) is 2.68. The van der Waals surface area contributed by atoms with Crippen molar-refractivity contribution >= 4 is 34.9 Å². The second kappa shape index (κ2) is 12.0. The van der Waals surface area contributed by atoms with Crippen molar-refractivity contribution in [3.8, 4) is 22.4 Å². The molecule has 4 atom stereocenters. The van der Waals surface area contributed by atoms with Crippen molar-refractivity contribution in [2.75, 3.05) is 12.3 Å². The molecule has 2 amide bonds. The Balaban J connectivity index is 0.988. The minimum absolute atomic E-state index is 0.0361. The van der Waals surface area contributed by atoms with Gasteiger partial charge in [0.05, 0.1) is 29.3 Å². The monoisotopic (exact) mass is 607 g/mol. The molecule has 0 spiro atoms. The first-order valence-electron chi connectivity index (χ1n) is 16.1. The zero-order valence-corrected chi connectivity index (χ0v) is 26.6. The number of aromatic nitrogens is 2. The van der Waals surface area contributed by atoms with Gasteiger partial charge in [-0.25, -0.2) is 4.98 Å². The third-order valence-corrected chi connectivity index (χ3v) is 11.3. The van der Waals surface area contributed by atoms with E-state index in [1.54, 1.807) is 0 Å². The summed E-state index contributed by atoms with van der Waals surface area (Å²) in [5, 5.41) is 0.298. The molecule has 0 radical (unpaired) electrons. The summed E-state index contributed by atoms with van der Waals surface area (Å²) in [6, 6.07) is 17.5. The Bertz CT molecular complexity index is 1610. The Labute approximate surface area is 264 Å². The van der Waals surface area contributed by atoms with Crippen LogP contribution in [0.25, 0.3) is 28.0 Å². The topological polar surface area (TPSA) is 81.7 Å². The predicted octanol–water partition coefficient (Wildman–Crippen LogP) is 7.34. The van der Waals surface area contributed by atoms with Gasteiger partial charge >= 0.3 is 0 Å². The van der Waals surface area contributed by atoms with E-state index in [0.29, 0.717) is 17.7 Å². The SMILES string of the molecule is CC(C)[C@H](C)C(=O)N1CCC[C@H]1C1=NC=C(c2ccc(-c3ccc(-c4cnc([C@@H]5CS[C@H]6CCCC(=O)N65)[nH]4)cc3)cc2)C1. The van der Waals surface area contributed by atoms with E-state index < -0.39 is 0 Å². The molecule has 0 saturated carbocycles. The quantitative estimate of drug-likeness (QED) is 0.305. The molecule has 4 aliphatic heterocycles. The summed E-state index contributed by atoms with van der Waals surface area (Å²) in [6.45, 7) is 7.13. The highest BCUT2D eigenvalue weighted by Crippen LogP contribution is 2.43. The molecule has 8 heteroatoms. The first kappa shape index (κ1) is 29.1. The van der Waals surface area contributed by atoms with Gasteiger partial charge in [-0.15, -0.1) is 11.8 Å². The summed E-state index contributed by atoms with van der Waals surface area (Å²) in [4.78, 5) is 42.9. The van der Waals surface area contributed by atoms with Gasteiger partial charge in [0.2, 0.25) is 11.8 Å². The number of benzene rings is 2. The second-order valence-electron chi connectivity index (χ2n) is 13.0. The molecule has 0 bridgehead atoms. The van der Waals surface area contributed by atoms with E-state index in [1.807, 2.05) is 31.1 Å². The number of carbonyl (C=O) groups excluding carboxylic acids is 2. The van der Waals surface area contributed by atoms with Gasteiger partial charge in [-0.2, -0.15) is 0 Å². The number of aliphatic imine (C=N–C) groups is 1. The van der Waals surface area contributed by atoms with Crippen LogP contribution in [0.1, 0.15) is 76.7 Å². The minimum Gasteiger partial charge on any atom is -0.340 e. The number of aromatic amines is 1. The summed E-state index contributed by atoms with van der Waals surface area (Å²) < 4.78 is 0. The van der Waals surface area contributed by atoms with Crippen LogP contribution in [-0.4, -0.2) is 61.0 Å². The number of allylic oxidation sites excluding steroid dienone is 1. The molecule has 3 fully saturated rings. The maximum Gasteiger partial charge on any atom is 0.226 e. The van der Waals surface area contributed by atoms with Gasteiger partial charge in [-0.3, -0.25) is 14.6 Å². The molecule has 5 heterocycles. The van der Waals surface area contributed by atoms with Crippen molar-refractivity contribution in [2.45, 2.75) is 76.8 Å². The molecular formula is C36H41N5O2S. The fourth-order valence-corrected chi connectivity index (χ4v) is 8.49. The van der Waals surface area contributed by atoms with E-state index in [0.717, 1.165) is 72.8 Å². The number of nitrogens with zero attached hydrogens (tertiary/aromatic N) is 4. The van der Waals surface area contributed by atoms with Crippen LogP contribution in [-0.2, 0) is 9.59 Å². The van der Waals surface area contributed by atoms with Crippen molar-refractivity contribution in [2.24, 2.45) is 16.8 Å². The number of hydrogen-bond donors (Lipinski definition) is 1. The summed E-state index contributed by atoms with van der Waals surface area (Å²) in [6.07, 6.45) is 9.46. The number of piperidine rings is 1. The number of H-pyrrole nitrogens is 1. The van der Waals surface area contributed by atoms with Crippen LogP contribution in [0.15, 0.2) is 65.9 Å². The van der Waals surface area contributed by atoms with Crippen molar-refractivity contribution in [1.29, 1.82) is 0 Å². The molecule has 0 aliphatic carbocycles. The molecule has 7 rings (SSSR count). The van der Waals surface area contributed by atoms with Crippen LogP contribution in [0.3, 0.4) is 0 Å². The van der Waals surface area contributed by atoms with Gasteiger partial charge in [-0.05, 0) is 59.4 Å². The molecule has 3 aromatic rings. The Morgan fingerprint density at radius 3 is 2.36 bits per heavy atom. The van der Waals surface area contributed by atoms with Gasteiger partial charge in [-0.1, -0.05) is 69.3 Å². The van der Waals surface area contributed by atoms with Gasteiger partial charge in [0.25, 0.3) is 0 Å². The Morgan fingerprint density at radius 1 is 0.932 bits per heavy atom. The maximum absolute atomic E-state index is 13.1. The number of hydrogen-bond acceptors (Lipinski definition) is 5.